The largest absolute Gasteiger partial charge is 0.455 e. The zero-order valence-corrected chi connectivity index (χ0v) is 20.7. The van der Waals surface area contributed by atoms with Gasteiger partial charge in [0, 0.05) is 17.0 Å². The van der Waals surface area contributed by atoms with E-state index >= 15 is 0 Å². The minimum atomic E-state index is -1.84. The number of benzene rings is 3. The van der Waals surface area contributed by atoms with Gasteiger partial charge in [0.25, 0.3) is 5.91 Å². The Morgan fingerprint density at radius 1 is 1.00 bits per heavy atom. The summed E-state index contributed by atoms with van der Waals surface area (Å²) >= 11 is 3.46. The highest BCUT2D eigenvalue weighted by Gasteiger charge is 2.66. The fraction of sp³-hybridized carbons (Fsp3) is 0.179. The highest BCUT2D eigenvalue weighted by molar-refractivity contribution is 9.10. The van der Waals surface area contributed by atoms with Gasteiger partial charge in [0.1, 0.15) is 5.75 Å². The second kappa shape index (κ2) is 8.82. The molecule has 1 amide bonds. The summed E-state index contributed by atoms with van der Waals surface area (Å²) in [6.45, 7) is 3.25. The molecule has 3 aromatic rings. The molecule has 0 bridgehead atoms. The van der Waals surface area contributed by atoms with Gasteiger partial charge in [-0.05, 0) is 41.8 Å². The molecule has 0 radical (unpaired) electrons. The second-order valence-electron chi connectivity index (χ2n) is 8.58. The Hall–Kier alpha value is -3.71. The van der Waals surface area contributed by atoms with Crippen molar-refractivity contribution in [1.29, 1.82) is 0 Å². The minimum Gasteiger partial charge on any atom is -0.455 e. The number of fused-ring (bicyclic) bond motifs is 1. The van der Waals surface area contributed by atoms with Crippen molar-refractivity contribution in [2.75, 3.05) is 0 Å². The summed E-state index contributed by atoms with van der Waals surface area (Å²) in [6, 6.07) is 23.9. The Morgan fingerprint density at radius 2 is 1.66 bits per heavy atom. The zero-order valence-electron chi connectivity index (χ0n) is 19.2. The van der Waals surface area contributed by atoms with Crippen molar-refractivity contribution >= 4 is 39.5 Å². The molecule has 0 aliphatic carbocycles. The van der Waals surface area contributed by atoms with Gasteiger partial charge in [-0.2, -0.15) is 0 Å². The Morgan fingerprint density at radius 3 is 2.34 bits per heavy atom. The number of halogens is 1. The molecule has 2 aliphatic heterocycles. The number of para-hydroxylation sites is 1. The smallest absolute Gasteiger partial charge is 0.335 e. The van der Waals surface area contributed by atoms with Gasteiger partial charge in [0.15, 0.2) is 6.10 Å². The summed E-state index contributed by atoms with van der Waals surface area (Å²) in [7, 11) is 0. The van der Waals surface area contributed by atoms with Crippen LogP contribution >= 0.6 is 15.9 Å². The van der Waals surface area contributed by atoms with Crippen LogP contribution in [0.3, 0.4) is 0 Å². The topological polar surface area (TPSA) is 72.9 Å². The lowest BCUT2D eigenvalue weighted by Gasteiger charge is -2.38. The van der Waals surface area contributed by atoms with Gasteiger partial charge >= 0.3 is 11.9 Å². The maximum absolute atomic E-state index is 14.3. The average Bonchev–Trinajstić information content (AvgIpc) is 3.05. The fourth-order valence-electron chi connectivity index (χ4n) is 4.94. The molecule has 7 heteroatoms. The molecule has 1 spiro atoms. The molecule has 6 nitrogen and oxygen atoms in total. The minimum absolute atomic E-state index is 0.242. The van der Waals surface area contributed by atoms with Crippen LogP contribution in [0, 0.1) is 5.41 Å². The number of hydrogen-bond donors (Lipinski definition) is 0. The van der Waals surface area contributed by atoms with Gasteiger partial charge < -0.3 is 14.4 Å². The van der Waals surface area contributed by atoms with Gasteiger partial charge in [0.05, 0.1) is 12.2 Å². The average molecular weight is 532 g/mol. The molecule has 35 heavy (non-hydrogen) atoms. The van der Waals surface area contributed by atoms with E-state index < -0.39 is 29.4 Å². The third-order valence-corrected chi connectivity index (χ3v) is 7.03. The number of esters is 2. The van der Waals surface area contributed by atoms with Crippen molar-refractivity contribution in [3.8, 4) is 5.75 Å². The Labute approximate surface area is 211 Å². The Balaban J connectivity index is 1.75. The highest BCUT2D eigenvalue weighted by Crippen LogP contribution is 2.57. The fourth-order valence-corrected chi connectivity index (χ4v) is 5.20. The molecule has 0 unspecified atom stereocenters. The first-order valence-electron chi connectivity index (χ1n) is 11.2. The van der Waals surface area contributed by atoms with Crippen LogP contribution in [0.25, 0.3) is 5.70 Å². The number of nitrogens with zero attached hydrogens (tertiary/aromatic N) is 1. The standard InChI is InChI=1S/C28H22BrNO5/c1-17-24(20-12-14-21(29)15-13-20)30(16-19-8-4-3-5-9-19)26(32)28(17)25(34-18(2)31)22-10-6-7-11-23(22)35-27(28)33/h3-15,25H,16H2,1-2H3/t25-,28+/m0/s1. The quantitative estimate of drug-likeness (QED) is 0.255. The first-order valence-corrected chi connectivity index (χ1v) is 11.9. The van der Waals surface area contributed by atoms with Crippen LogP contribution < -0.4 is 4.74 Å². The molecule has 2 aliphatic rings. The molecule has 0 N–H and O–H groups in total. The summed E-state index contributed by atoms with van der Waals surface area (Å²) in [5.74, 6) is -1.55. The van der Waals surface area contributed by atoms with E-state index in [4.69, 9.17) is 9.47 Å². The number of rotatable bonds is 4. The molecule has 176 valence electrons. The third kappa shape index (κ3) is 3.67. The summed E-state index contributed by atoms with van der Waals surface area (Å²) in [5, 5.41) is 0. The first-order chi connectivity index (χ1) is 16.8. The van der Waals surface area contributed by atoms with Crippen molar-refractivity contribution < 1.29 is 23.9 Å². The summed E-state index contributed by atoms with van der Waals surface area (Å²) in [6.07, 6.45) is -1.16. The molecule has 5 rings (SSSR count). The van der Waals surface area contributed by atoms with Crippen LogP contribution in [0.1, 0.15) is 36.6 Å². The number of ether oxygens (including phenoxy) is 2. The molecule has 0 fully saturated rings. The number of carbonyl (C=O) groups is 3. The van der Waals surface area contributed by atoms with Crippen LogP contribution in [-0.4, -0.2) is 22.7 Å². The zero-order chi connectivity index (χ0) is 24.7. The molecule has 0 aromatic heterocycles. The van der Waals surface area contributed by atoms with Gasteiger partial charge in [-0.15, -0.1) is 0 Å². The van der Waals surface area contributed by atoms with Crippen LogP contribution in [0.5, 0.6) is 5.75 Å². The van der Waals surface area contributed by atoms with Crippen LogP contribution in [-0.2, 0) is 25.7 Å². The van der Waals surface area contributed by atoms with Crippen molar-refractivity contribution in [2.45, 2.75) is 26.5 Å². The monoisotopic (exact) mass is 531 g/mol. The summed E-state index contributed by atoms with van der Waals surface area (Å²) in [4.78, 5) is 41.9. The number of carbonyl (C=O) groups excluding carboxylic acids is 3. The lowest BCUT2D eigenvalue weighted by molar-refractivity contribution is -0.172. The van der Waals surface area contributed by atoms with E-state index in [0.29, 0.717) is 16.8 Å². The predicted octanol–water partition coefficient (Wildman–Crippen LogP) is 5.43. The van der Waals surface area contributed by atoms with E-state index in [-0.39, 0.29) is 12.3 Å². The normalized spacial score (nSPS) is 21.2. The molecular formula is C28H22BrNO5. The number of hydrogen-bond acceptors (Lipinski definition) is 5. The van der Waals surface area contributed by atoms with E-state index in [1.807, 2.05) is 54.6 Å². The number of amides is 1. The van der Waals surface area contributed by atoms with Crippen molar-refractivity contribution in [3.63, 3.8) is 0 Å². The van der Waals surface area contributed by atoms with Gasteiger partial charge in [-0.25, -0.2) is 4.79 Å². The molecule has 2 heterocycles. The van der Waals surface area contributed by atoms with E-state index in [2.05, 4.69) is 15.9 Å². The summed E-state index contributed by atoms with van der Waals surface area (Å²) in [5.41, 5.74) is 1.38. The van der Waals surface area contributed by atoms with E-state index in [0.717, 1.165) is 15.6 Å². The SMILES string of the molecule is CC(=O)O[C@H]1c2ccccc2OC(=O)[C@@]12C(=O)N(Cc1ccccc1)C(c1ccc(Br)cc1)=C2C. The van der Waals surface area contributed by atoms with E-state index in [9.17, 15) is 14.4 Å². The van der Waals surface area contributed by atoms with Gasteiger partial charge in [0.2, 0.25) is 5.41 Å². The molecule has 3 aromatic carbocycles. The van der Waals surface area contributed by atoms with Crippen molar-refractivity contribution in [1.82, 2.24) is 4.90 Å². The third-order valence-electron chi connectivity index (χ3n) is 6.50. The van der Waals surface area contributed by atoms with Crippen LogP contribution in [0.15, 0.2) is 88.9 Å². The van der Waals surface area contributed by atoms with Crippen LogP contribution in [0.4, 0.5) is 0 Å². The maximum atomic E-state index is 14.3. The predicted molar refractivity (Wildman–Crippen MR) is 133 cm³/mol. The molecule has 0 saturated heterocycles. The molecule has 2 atom stereocenters. The molecular weight excluding hydrogens is 510 g/mol. The lowest BCUT2D eigenvalue weighted by atomic mass is 9.71. The van der Waals surface area contributed by atoms with Gasteiger partial charge in [-0.3, -0.25) is 9.59 Å². The van der Waals surface area contributed by atoms with Crippen LogP contribution in [0.2, 0.25) is 0 Å². The Kier molecular flexibility index (Phi) is 5.81. The second-order valence-corrected chi connectivity index (χ2v) is 9.50. The Bertz CT molecular complexity index is 1370. The lowest BCUT2D eigenvalue weighted by Crippen LogP contribution is -2.52. The molecule has 0 saturated carbocycles. The van der Waals surface area contributed by atoms with E-state index in [1.165, 1.54) is 6.92 Å². The van der Waals surface area contributed by atoms with Gasteiger partial charge in [-0.1, -0.05) is 76.6 Å². The first kappa shape index (κ1) is 23.1. The van der Waals surface area contributed by atoms with Crippen molar-refractivity contribution in [3.05, 3.63) is 106 Å². The van der Waals surface area contributed by atoms with E-state index in [1.54, 1.807) is 36.1 Å². The summed E-state index contributed by atoms with van der Waals surface area (Å²) < 4.78 is 12.3. The maximum Gasteiger partial charge on any atom is 0.335 e. The highest BCUT2D eigenvalue weighted by atomic mass is 79.9. The van der Waals surface area contributed by atoms with Crippen molar-refractivity contribution in [2.24, 2.45) is 5.41 Å².